The first-order valence-electron chi connectivity index (χ1n) is 16.3. The summed E-state index contributed by atoms with van der Waals surface area (Å²) in [5.74, 6) is 0.0648. The molecule has 3 rings (SSSR count). The Hall–Kier alpha value is -2.54. The first-order chi connectivity index (χ1) is 20.3. The molecule has 1 fully saturated rings. The van der Waals surface area contributed by atoms with Gasteiger partial charge < -0.3 is 10.8 Å². The van der Waals surface area contributed by atoms with Gasteiger partial charge in [0.1, 0.15) is 5.76 Å². The van der Waals surface area contributed by atoms with E-state index in [0.29, 0.717) is 11.6 Å². The summed E-state index contributed by atoms with van der Waals surface area (Å²) in [7, 11) is 0. The van der Waals surface area contributed by atoms with E-state index in [1.54, 1.807) is 6.92 Å². The Balaban J connectivity index is 0.000000720. The van der Waals surface area contributed by atoms with Crippen LogP contribution in [-0.4, -0.2) is 64.1 Å². The number of hydrogen-bond donors (Lipinski definition) is 2. The van der Waals surface area contributed by atoms with E-state index >= 15 is 0 Å². The number of aryl methyl sites for hydroxylation is 1. The Morgan fingerprint density at radius 1 is 1.05 bits per heavy atom. The summed E-state index contributed by atoms with van der Waals surface area (Å²) < 4.78 is 0. The minimum Gasteiger partial charge on any atom is -0.508 e. The molecule has 244 valence electrons. The third kappa shape index (κ3) is 18.0. The van der Waals surface area contributed by atoms with Crippen LogP contribution in [0.1, 0.15) is 112 Å². The quantitative estimate of drug-likeness (QED) is 0.209. The van der Waals surface area contributed by atoms with Crippen molar-refractivity contribution in [3.05, 3.63) is 71.5 Å². The summed E-state index contributed by atoms with van der Waals surface area (Å²) in [6.07, 6.45) is 9.52. The van der Waals surface area contributed by atoms with Crippen LogP contribution in [-0.2, 0) is 6.54 Å². The van der Waals surface area contributed by atoms with Crippen molar-refractivity contribution in [3.63, 3.8) is 0 Å². The maximum absolute atomic E-state index is 8.34. The van der Waals surface area contributed by atoms with Crippen molar-refractivity contribution in [3.8, 4) is 0 Å². The SMILES string of the molecule is C/C=C(\C)C1=NN=C(C)C1.C=C(C)C(=C)O.CC(C)N.CCCN(C(CC)CC)C1CCN(Cc2ccc(C)cc2)CC1. The standard InChI is InChI=1S/C21H36N2.C8H12N2.C5H8O.C3H9N/c1-5-14-23(20(6-2)7-3)21-12-15-22(16-13-21)17-19-10-8-18(4)9-11-19;1-4-6(2)8-5-7(3)9-10-8;1-4(2)5(3)6;1-3(2)4/h8-11,20-21H,5-7,12-17H2,1-4H3;4H,5H2,1-3H3;6H,1,3H2,2H3;3H,4H2,1-2H3/b;6-4+;;. The van der Waals surface area contributed by atoms with E-state index in [-0.39, 0.29) is 5.76 Å². The fourth-order valence-corrected chi connectivity index (χ4v) is 4.88. The van der Waals surface area contributed by atoms with Gasteiger partial charge in [-0.15, -0.1) is 0 Å². The minimum atomic E-state index is 0.0648. The zero-order valence-electron chi connectivity index (χ0n) is 29.4. The second kappa shape index (κ2) is 22.9. The van der Waals surface area contributed by atoms with Crippen molar-refractivity contribution < 1.29 is 5.11 Å². The molecule has 2 aliphatic rings. The number of nitrogens with two attached hydrogens (primary N) is 1. The molecule has 1 saturated heterocycles. The maximum atomic E-state index is 8.34. The number of benzene rings is 1. The van der Waals surface area contributed by atoms with Crippen LogP contribution in [0.3, 0.4) is 0 Å². The summed E-state index contributed by atoms with van der Waals surface area (Å²) in [5.41, 5.74) is 12.0. The van der Waals surface area contributed by atoms with Crippen LogP contribution >= 0.6 is 0 Å². The van der Waals surface area contributed by atoms with Gasteiger partial charge in [-0.2, -0.15) is 10.2 Å². The lowest BCUT2D eigenvalue weighted by atomic mass is 9.98. The van der Waals surface area contributed by atoms with E-state index in [1.807, 2.05) is 27.7 Å². The number of hydrogen-bond acceptors (Lipinski definition) is 6. The Morgan fingerprint density at radius 2 is 1.56 bits per heavy atom. The zero-order valence-corrected chi connectivity index (χ0v) is 29.4. The Labute approximate surface area is 265 Å². The second-order valence-corrected chi connectivity index (χ2v) is 12.2. The number of likely N-dealkylation sites (tertiary alicyclic amines) is 1. The van der Waals surface area contributed by atoms with Crippen molar-refractivity contribution in [1.29, 1.82) is 0 Å². The topological polar surface area (TPSA) is 77.4 Å². The highest BCUT2D eigenvalue weighted by molar-refractivity contribution is 6.13. The van der Waals surface area contributed by atoms with E-state index in [2.05, 4.69) is 98.1 Å². The molecule has 0 aliphatic carbocycles. The van der Waals surface area contributed by atoms with Crippen molar-refractivity contribution in [1.82, 2.24) is 9.80 Å². The summed E-state index contributed by atoms with van der Waals surface area (Å²) >= 11 is 0. The summed E-state index contributed by atoms with van der Waals surface area (Å²) in [5, 5.41) is 16.3. The molecule has 0 spiro atoms. The Morgan fingerprint density at radius 3 is 1.93 bits per heavy atom. The largest absolute Gasteiger partial charge is 0.508 e. The molecule has 1 aromatic carbocycles. The zero-order chi connectivity index (χ0) is 32.9. The van der Waals surface area contributed by atoms with Gasteiger partial charge in [0.15, 0.2) is 0 Å². The fourth-order valence-electron chi connectivity index (χ4n) is 4.88. The molecule has 6 nitrogen and oxygen atoms in total. The summed E-state index contributed by atoms with van der Waals surface area (Å²) in [6, 6.07) is 11.0. The Kier molecular flexibility index (Phi) is 21.6. The van der Waals surface area contributed by atoms with Crippen LogP contribution in [0.25, 0.3) is 0 Å². The predicted octanol–water partition coefficient (Wildman–Crippen LogP) is 9.02. The molecule has 43 heavy (non-hydrogen) atoms. The van der Waals surface area contributed by atoms with E-state index in [0.717, 1.165) is 36.5 Å². The summed E-state index contributed by atoms with van der Waals surface area (Å²) in [4.78, 5) is 5.46. The lowest BCUT2D eigenvalue weighted by Crippen LogP contribution is -2.49. The molecule has 3 N–H and O–H groups in total. The van der Waals surface area contributed by atoms with E-state index in [9.17, 15) is 0 Å². The molecule has 6 heteroatoms. The number of piperidine rings is 1. The van der Waals surface area contributed by atoms with Crippen LogP contribution in [0.5, 0.6) is 0 Å². The molecule has 1 aromatic rings. The molecule has 0 saturated carbocycles. The predicted molar refractivity (Wildman–Crippen MR) is 191 cm³/mol. The van der Waals surface area contributed by atoms with Crippen molar-refractivity contribution in [2.75, 3.05) is 19.6 Å². The number of rotatable bonds is 10. The average molecular weight is 596 g/mol. The molecule has 0 atom stereocenters. The third-order valence-electron chi connectivity index (χ3n) is 7.59. The first-order valence-corrected chi connectivity index (χ1v) is 16.3. The number of nitrogens with zero attached hydrogens (tertiary/aromatic N) is 4. The van der Waals surface area contributed by atoms with Gasteiger partial charge in [0.25, 0.3) is 0 Å². The maximum Gasteiger partial charge on any atom is 0.110 e. The molecule has 0 amide bonds. The minimum absolute atomic E-state index is 0.0648. The van der Waals surface area contributed by atoms with Gasteiger partial charge in [-0.3, -0.25) is 9.80 Å². The van der Waals surface area contributed by atoms with Gasteiger partial charge in [0, 0.05) is 30.8 Å². The van der Waals surface area contributed by atoms with Gasteiger partial charge in [-0.1, -0.05) is 83.7 Å². The highest BCUT2D eigenvalue weighted by Crippen LogP contribution is 2.23. The molecular weight excluding hydrogens is 530 g/mol. The van der Waals surface area contributed by atoms with Gasteiger partial charge >= 0.3 is 0 Å². The molecule has 2 heterocycles. The molecule has 2 aliphatic heterocycles. The molecule has 0 aromatic heterocycles. The lowest BCUT2D eigenvalue weighted by Gasteiger charge is -2.42. The molecule has 0 radical (unpaired) electrons. The second-order valence-electron chi connectivity index (χ2n) is 12.2. The Bertz CT molecular complexity index is 995. The van der Waals surface area contributed by atoms with Crippen molar-refractivity contribution in [2.45, 2.75) is 132 Å². The molecular formula is C37H65N5O. The van der Waals surface area contributed by atoms with Crippen LogP contribution in [0, 0.1) is 6.92 Å². The van der Waals surface area contributed by atoms with Crippen LogP contribution in [0.15, 0.2) is 70.6 Å². The number of aliphatic hydroxyl groups is 1. The highest BCUT2D eigenvalue weighted by Gasteiger charge is 2.27. The van der Waals surface area contributed by atoms with E-state index in [4.69, 9.17) is 10.8 Å². The monoisotopic (exact) mass is 596 g/mol. The lowest BCUT2D eigenvalue weighted by molar-refractivity contribution is 0.0669. The third-order valence-corrected chi connectivity index (χ3v) is 7.59. The smallest absolute Gasteiger partial charge is 0.110 e. The van der Waals surface area contributed by atoms with Gasteiger partial charge in [-0.05, 0) is 109 Å². The first kappa shape index (κ1) is 40.5. The van der Waals surface area contributed by atoms with E-state index in [1.165, 1.54) is 68.4 Å². The van der Waals surface area contributed by atoms with Gasteiger partial charge in [0.2, 0.25) is 0 Å². The van der Waals surface area contributed by atoms with Crippen molar-refractivity contribution >= 4 is 11.4 Å². The fraction of sp³-hybridized carbons (Fsp3) is 0.622. The van der Waals surface area contributed by atoms with Crippen LogP contribution in [0.4, 0.5) is 0 Å². The number of allylic oxidation sites excluding steroid dienone is 3. The van der Waals surface area contributed by atoms with Crippen LogP contribution < -0.4 is 5.73 Å². The van der Waals surface area contributed by atoms with Crippen LogP contribution in [0.2, 0.25) is 0 Å². The number of aliphatic hydroxyl groups excluding tert-OH is 1. The van der Waals surface area contributed by atoms with Crippen molar-refractivity contribution in [2.24, 2.45) is 15.9 Å². The molecule has 0 unspecified atom stereocenters. The summed E-state index contributed by atoms with van der Waals surface area (Å²) in [6.45, 7) is 32.4. The van der Waals surface area contributed by atoms with E-state index < -0.39 is 0 Å². The highest BCUT2D eigenvalue weighted by atomic mass is 16.3. The van der Waals surface area contributed by atoms with Gasteiger partial charge in [-0.25, -0.2) is 0 Å². The normalized spacial score (nSPS) is 15.5. The average Bonchev–Trinajstić information content (AvgIpc) is 3.41. The molecule has 0 bridgehead atoms. The van der Waals surface area contributed by atoms with Gasteiger partial charge in [0.05, 0.1) is 5.71 Å².